The van der Waals surface area contributed by atoms with E-state index in [9.17, 15) is 18.0 Å². The smallest absolute Gasteiger partial charge is 0.253 e. The fourth-order valence-electron chi connectivity index (χ4n) is 3.93. The van der Waals surface area contributed by atoms with Gasteiger partial charge in [0.05, 0.1) is 5.56 Å². The Morgan fingerprint density at radius 1 is 1.21 bits per heavy atom. The van der Waals surface area contributed by atoms with E-state index in [4.69, 9.17) is 5.73 Å². The number of nitrogens with one attached hydrogen (secondary N) is 1. The van der Waals surface area contributed by atoms with Crippen LogP contribution in [0.25, 0.3) is 0 Å². The van der Waals surface area contributed by atoms with Gasteiger partial charge >= 0.3 is 0 Å². The standard InChI is InChI=1S/C18H21N3O4S3/c19-16(22)15-11-5-1-2-7-13(11)27-18(15)20-17(23)12-6-3-9-21(12)28(24,25)14-8-4-10-26-14/h4,8,10,12H,1-3,5-7,9H2,(H2,19,22)(H,20,23)/t12-/m1/s1. The predicted molar refractivity (Wildman–Crippen MR) is 109 cm³/mol. The van der Waals surface area contributed by atoms with Crippen molar-refractivity contribution in [1.29, 1.82) is 0 Å². The Balaban J connectivity index is 1.60. The number of carbonyl (C=O) groups is 2. The Bertz CT molecular complexity index is 1010. The van der Waals surface area contributed by atoms with Gasteiger partial charge in [-0.3, -0.25) is 9.59 Å². The lowest BCUT2D eigenvalue weighted by molar-refractivity contribution is -0.119. The summed E-state index contributed by atoms with van der Waals surface area (Å²) in [6, 6.07) is 2.44. The quantitative estimate of drug-likeness (QED) is 0.746. The highest BCUT2D eigenvalue weighted by Crippen LogP contribution is 2.38. The third-order valence-electron chi connectivity index (χ3n) is 5.22. The number of fused-ring (bicyclic) bond motifs is 1. The lowest BCUT2D eigenvalue weighted by Gasteiger charge is -2.22. The van der Waals surface area contributed by atoms with Crippen LogP contribution >= 0.6 is 22.7 Å². The van der Waals surface area contributed by atoms with Gasteiger partial charge in [0.1, 0.15) is 15.3 Å². The van der Waals surface area contributed by atoms with Crippen LogP contribution in [0.3, 0.4) is 0 Å². The van der Waals surface area contributed by atoms with Gasteiger partial charge in [-0.15, -0.1) is 22.7 Å². The average Bonchev–Trinajstić information content (AvgIpc) is 3.39. The lowest BCUT2D eigenvalue weighted by Crippen LogP contribution is -2.43. The van der Waals surface area contributed by atoms with E-state index < -0.39 is 27.9 Å². The van der Waals surface area contributed by atoms with Crippen molar-refractivity contribution in [2.45, 2.75) is 48.8 Å². The first-order valence-corrected chi connectivity index (χ1v) is 12.3. The van der Waals surface area contributed by atoms with Crippen molar-refractivity contribution in [1.82, 2.24) is 4.31 Å². The van der Waals surface area contributed by atoms with Crippen LogP contribution in [-0.4, -0.2) is 37.1 Å². The number of aryl methyl sites for hydroxylation is 1. The van der Waals surface area contributed by atoms with Gasteiger partial charge in [-0.25, -0.2) is 8.42 Å². The number of rotatable bonds is 5. The van der Waals surface area contributed by atoms with Crippen molar-refractivity contribution in [2.24, 2.45) is 5.73 Å². The zero-order valence-corrected chi connectivity index (χ0v) is 17.6. The Kier molecular flexibility index (Phi) is 5.30. The van der Waals surface area contributed by atoms with Crippen LogP contribution in [0.15, 0.2) is 21.7 Å². The second kappa shape index (κ2) is 7.58. The highest BCUT2D eigenvalue weighted by molar-refractivity contribution is 7.91. The predicted octanol–water partition coefficient (Wildman–Crippen LogP) is 2.58. The molecule has 1 saturated heterocycles. The van der Waals surface area contributed by atoms with Crippen molar-refractivity contribution in [2.75, 3.05) is 11.9 Å². The third-order valence-corrected chi connectivity index (χ3v) is 9.71. The first-order valence-electron chi connectivity index (χ1n) is 9.20. The van der Waals surface area contributed by atoms with E-state index in [-0.39, 0.29) is 4.21 Å². The molecule has 1 atom stereocenters. The van der Waals surface area contributed by atoms with Crippen LogP contribution in [0.2, 0.25) is 0 Å². The van der Waals surface area contributed by atoms with Crippen molar-refractivity contribution >= 4 is 49.5 Å². The molecule has 0 bridgehead atoms. The first kappa shape index (κ1) is 19.6. The highest BCUT2D eigenvalue weighted by atomic mass is 32.2. The van der Waals surface area contributed by atoms with Crippen LogP contribution in [-0.2, 0) is 27.7 Å². The molecule has 2 aromatic rings. The summed E-state index contributed by atoms with van der Waals surface area (Å²) in [6.45, 7) is 0.307. The van der Waals surface area contributed by atoms with Crippen LogP contribution in [0.1, 0.15) is 46.5 Å². The number of carbonyl (C=O) groups excluding carboxylic acids is 2. The van der Waals surface area contributed by atoms with E-state index in [1.54, 1.807) is 17.5 Å². The Labute approximate surface area is 171 Å². The Hall–Kier alpha value is -1.75. The molecule has 0 radical (unpaired) electrons. The van der Waals surface area contributed by atoms with Crippen LogP contribution in [0.5, 0.6) is 0 Å². The van der Waals surface area contributed by atoms with E-state index in [2.05, 4.69) is 5.32 Å². The molecule has 0 saturated carbocycles. The second-order valence-corrected chi connectivity index (χ2v) is 11.1. The van der Waals surface area contributed by atoms with Crippen molar-refractivity contribution in [3.63, 3.8) is 0 Å². The molecule has 4 rings (SSSR count). The number of anilines is 1. The number of nitrogens with two attached hydrogens (primary N) is 1. The van der Waals surface area contributed by atoms with E-state index in [0.29, 0.717) is 30.0 Å². The van der Waals surface area contributed by atoms with E-state index in [0.717, 1.165) is 47.5 Å². The van der Waals surface area contributed by atoms with E-state index in [1.165, 1.54) is 15.6 Å². The summed E-state index contributed by atoms with van der Waals surface area (Å²) < 4.78 is 27.3. The monoisotopic (exact) mass is 439 g/mol. The fraction of sp³-hybridized carbons (Fsp3) is 0.444. The topological polar surface area (TPSA) is 110 Å². The number of hydrogen-bond donors (Lipinski definition) is 2. The molecular weight excluding hydrogens is 418 g/mol. The fourth-order valence-corrected chi connectivity index (χ4v) is 8.00. The molecule has 1 fully saturated rings. The summed E-state index contributed by atoms with van der Waals surface area (Å²) in [4.78, 5) is 26.1. The van der Waals surface area contributed by atoms with Crippen molar-refractivity contribution < 1.29 is 18.0 Å². The molecule has 10 heteroatoms. The first-order chi connectivity index (χ1) is 13.4. The third kappa shape index (κ3) is 3.38. The van der Waals surface area contributed by atoms with Gasteiger partial charge in [0.25, 0.3) is 15.9 Å². The molecule has 0 aromatic carbocycles. The Morgan fingerprint density at radius 2 is 2.00 bits per heavy atom. The molecule has 0 unspecified atom stereocenters. The number of nitrogens with zero attached hydrogens (tertiary/aromatic N) is 1. The van der Waals surface area contributed by atoms with Crippen molar-refractivity contribution in [3.8, 4) is 0 Å². The SMILES string of the molecule is NC(=O)c1c(NC(=O)[C@H]2CCCN2S(=O)(=O)c2cccs2)sc2c1CCCC2. The molecule has 2 amide bonds. The maximum Gasteiger partial charge on any atom is 0.253 e. The summed E-state index contributed by atoms with van der Waals surface area (Å²) in [5, 5.41) is 4.97. The molecule has 2 aliphatic rings. The molecule has 1 aliphatic carbocycles. The van der Waals surface area contributed by atoms with Crippen LogP contribution in [0, 0.1) is 0 Å². The molecule has 3 N–H and O–H groups in total. The van der Waals surface area contributed by atoms with Gasteiger partial charge in [0.2, 0.25) is 5.91 Å². The summed E-state index contributed by atoms with van der Waals surface area (Å²) >= 11 is 2.52. The maximum absolute atomic E-state index is 13.0. The molecule has 1 aliphatic heterocycles. The molecular formula is C18H21N3O4S3. The summed E-state index contributed by atoms with van der Waals surface area (Å²) in [5.41, 5.74) is 6.91. The molecule has 150 valence electrons. The number of hydrogen-bond acceptors (Lipinski definition) is 6. The minimum Gasteiger partial charge on any atom is -0.365 e. The van der Waals surface area contributed by atoms with Gasteiger partial charge < -0.3 is 11.1 Å². The largest absolute Gasteiger partial charge is 0.365 e. The van der Waals surface area contributed by atoms with E-state index >= 15 is 0 Å². The summed E-state index contributed by atoms with van der Waals surface area (Å²) in [7, 11) is -3.71. The number of amides is 2. The van der Waals surface area contributed by atoms with Crippen LogP contribution < -0.4 is 11.1 Å². The average molecular weight is 440 g/mol. The highest BCUT2D eigenvalue weighted by Gasteiger charge is 2.40. The normalized spacial score (nSPS) is 20.1. The zero-order chi connectivity index (χ0) is 19.9. The molecule has 2 aromatic heterocycles. The van der Waals surface area contributed by atoms with E-state index in [1.807, 2.05) is 0 Å². The molecule has 3 heterocycles. The van der Waals surface area contributed by atoms with Crippen molar-refractivity contribution in [3.05, 3.63) is 33.5 Å². The summed E-state index contributed by atoms with van der Waals surface area (Å²) in [5.74, 6) is -0.956. The molecule has 0 spiro atoms. The van der Waals surface area contributed by atoms with Crippen LogP contribution in [0.4, 0.5) is 5.00 Å². The number of sulfonamides is 1. The molecule has 28 heavy (non-hydrogen) atoms. The van der Waals surface area contributed by atoms with Gasteiger partial charge in [0.15, 0.2) is 0 Å². The Morgan fingerprint density at radius 3 is 2.71 bits per heavy atom. The van der Waals surface area contributed by atoms with Gasteiger partial charge in [-0.05, 0) is 55.5 Å². The van der Waals surface area contributed by atoms with Gasteiger partial charge in [-0.1, -0.05) is 6.07 Å². The number of primary amides is 1. The minimum absolute atomic E-state index is 0.233. The zero-order valence-electron chi connectivity index (χ0n) is 15.1. The maximum atomic E-state index is 13.0. The number of thiophene rings is 2. The van der Waals surface area contributed by atoms with Gasteiger partial charge in [-0.2, -0.15) is 4.31 Å². The second-order valence-electron chi connectivity index (χ2n) is 6.97. The molecule has 7 nitrogen and oxygen atoms in total. The minimum atomic E-state index is -3.71. The summed E-state index contributed by atoms with van der Waals surface area (Å²) in [6.07, 6.45) is 4.77. The lowest BCUT2D eigenvalue weighted by atomic mass is 9.95. The van der Waals surface area contributed by atoms with Gasteiger partial charge in [0, 0.05) is 11.4 Å².